The van der Waals surface area contributed by atoms with Crippen molar-refractivity contribution in [2.24, 2.45) is 0 Å². The summed E-state index contributed by atoms with van der Waals surface area (Å²) in [5.74, 6) is -1.31. The molecule has 0 saturated carbocycles. The van der Waals surface area contributed by atoms with Crippen LogP contribution in [0, 0.1) is 5.82 Å². The highest BCUT2D eigenvalue weighted by atomic mass is 19.1. The maximum atomic E-state index is 13.7. The van der Waals surface area contributed by atoms with E-state index in [9.17, 15) is 19.1 Å². The van der Waals surface area contributed by atoms with Gasteiger partial charge in [-0.3, -0.25) is 9.59 Å². The van der Waals surface area contributed by atoms with Crippen molar-refractivity contribution in [2.75, 3.05) is 19.8 Å². The number of amides is 1. The number of nitrogens with zero attached hydrogens (tertiary/aromatic N) is 1. The van der Waals surface area contributed by atoms with Gasteiger partial charge >= 0.3 is 0 Å². The third kappa shape index (κ3) is 4.57. The van der Waals surface area contributed by atoms with Gasteiger partial charge in [0.1, 0.15) is 17.3 Å². The summed E-state index contributed by atoms with van der Waals surface area (Å²) in [7, 11) is 0. The molecule has 2 aromatic rings. The minimum atomic E-state index is -0.834. The predicted octanol–water partition coefficient (Wildman–Crippen LogP) is 4.95. The Labute approximate surface area is 199 Å². The summed E-state index contributed by atoms with van der Waals surface area (Å²) in [4.78, 5) is 27.7. The molecule has 0 radical (unpaired) electrons. The van der Waals surface area contributed by atoms with Crippen molar-refractivity contribution in [3.63, 3.8) is 0 Å². The molecule has 6 nitrogen and oxygen atoms in total. The number of Topliss-reactive ketones (excluding diaryl/α,β-unsaturated/α-hetero) is 1. The van der Waals surface area contributed by atoms with Gasteiger partial charge in [-0.05, 0) is 67.1 Å². The van der Waals surface area contributed by atoms with E-state index in [1.807, 2.05) is 20.8 Å². The topological polar surface area (TPSA) is 76.1 Å². The SMILES string of the molecule is CCOc1ccc(/C(O)=C2/C(=O)C(=O)N(CC3CCCO3)C2c2ccc(F)cc2)cc1C(C)C. The molecule has 180 valence electrons. The van der Waals surface area contributed by atoms with Gasteiger partial charge in [-0.25, -0.2) is 4.39 Å². The van der Waals surface area contributed by atoms with E-state index < -0.39 is 23.5 Å². The Bertz CT molecular complexity index is 1100. The Hall–Kier alpha value is -3.19. The normalized spacial score (nSPS) is 22.1. The fourth-order valence-electron chi connectivity index (χ4n) is 4.66. The molecule has 2 saturated heterocycles. The maximum absolute atomic E-state index is 13.7. The van der Waals surface area contributed by atoms with Gasteiger partial charge < -0.3 is 19.5 Å². The summed E-state index contributed by atoms with van der Waals surface area (Å²) in [6.45, 7) is 7.27. The molecule has 2 aliphatic heterocycles. The molecular weight excluding hydrogens is 437 g/mol. The van der Waals surface area contributed by atoms with Gasteiger partial charge in [-0.2, -0.15) is 0 Å². The number of ether oxygens (including phenoxy) is 2. The van der Waals surface area contributed by atoms with Crippen molar-refractivity contribution in [3.8, 4) is 5.75 Å². The zero-order chi connectivity index (χ0) is 24.4. The first-order valence-electron chi connectivity index (χ1n) is 11.7. The number of carbonyl (C=O) groups excluding carboxylic acids is 2. The lowest BCUT2D eigenvalue weighted by molar-refractivity contribution is -0.140. The standard InChI is InChI=1S/C27H30FNO5/c1-4-33-22-12-9-18(14-21(22)16(2)3)25(30)23-24(17-7-10-19(28)11-8-17)29(27(32)26(23)31)15-20-6-5-13-34-20/h7-12,14,16,20,24,30H,4-6,13,15H2,1-3H3/b25-23-. The number of rotatable bonds is 7. The van der Waals surface area contributed by atoms with E-state index in [2.05, 4.69) is 0 Å². The molecule has 2 unspecified atom stereocenters. The lowest BCUT2D eigenvalue weighted by Crippen LogP contribution is -2.36. The van der Waals surface area contributed by atoms with E-state index in [4.69, 9.17) is 9.47 Å². The van der Waals surface area contributed by atoms with Gasteiger partial charge in [0.05, 0.1) is 24.3 Å². The van der Waals surface area contributed by atoms with Crippen LogP contribution in [0.2, 0.25) is 0 Å². The maximum Gasteiger partial charge on any atom is 0.295 e. The van der Waals surface area contributed by atoms with E-state index in [1.54, 1.807) is 30.3 Å². The van der Waals surface area contributed by atoms with Crippen LogP contribution in [-0.4, -0.2) is 47.6 Å². The van der Waals surface area contributed by atoms with Crippen LogP contribution in [0.1, 0.15) is 62.3 Å². The number of benzene rings is 2. The first kappa shape index (κ1) is 24.0. The van der Waals surface area contributed by atoms with Crippen molar-refractivity contribution in [3.05, 3.63) is 70.5 Å². The highest BCUT2D eigenvalue weighted by molar-refractivity contribution is 6.46. The number of aliphatic hydroxyl groups is 1. The first-order valence-corrected chi connectivity index (χ1v) is 11.7. The average Bonchev–Trinajstić information content (AvgIpc) is 3.42. The fourth-order valence-corrected chi connectivity index (χ4v) is 4.66. The van der Waals surface area contributed by atoms with Crippen molar-refractivity contribution in [1.29, 1.82) is 0 Å². The summed E-state index contributed by atoms with van der Waals surface area (Å²) in [5, 5.41) is 11.3. The molecule has 4 rings (SSSR count). The number of aliphatic hydroxyl groups excluding tert-OH is 1. The Morgan fingerprint density at radius 1 is 1.21 bits per heavy atom. The van der Waals surface area contributed by atoms with E-state index in [1.165, 1.54) is 17.0 Å². The van der Waals surface area contributed by atoms with Crippen molar-refractivity contribution in [2.45, 2.75) is 51.7 Å². The molecule has 0 spiro atoms. The second-order valence-electron chi connectivity index (χ2n) is 8.98. The molecule has 2 heterocycles. The lowest BCUT2D eigenvalue weighted by Gasteiger charge is -2.27. The van der Waals surface area contributed by atoms with Crippen LogP contribution in [-0.2, 0) is 14.3 Å². The van der Waals surface area contributed by atoms with E-state index >= 15 is 0 Å². The number of likely N-dealkylation sites (tertiary alicyclic amines) is 1. The quantitative estimate of drug-likeness (QED) is 0.354. The smallest absolute Gasteiger partial charge is 0.295 e. The first-order chi connectivity index (χ1) is 16.3. The van der Waals surface area contributed by atoms with Crippen molar-refractivity contribution >= 4 is 17.4 Å². The Balaban J connectivity index is 1.82. The van der Waals surface area contributed by atoms with Crippen LogP contribution in [0.25, 0.3) is 5.76 Å². The van der Waals surface area contributed by atoms with Gasteiger partial charge in [0.15, 0.2) is 0 Å². The molecule has 0 bridgehead atoms. The Kier molecular flexibility index (Phi) is 7.03. The summed E-state index contributed by atoms with van der Waals surface area (Å²) in [6, 6.07) is 10.1. The molecule has 34 heavy (non-hydrogen) atoms. The highest BCUT2D eigenvalue weighted by Gasteiger charge is 2.47. The number of halogens is 1. The van der Waals surface area contributed by atoms with Gasteiger partial charge in [-0.1, -0.05) is 26.0 Å². The molecule has 2 aliphatic rings. The number of carbonyl (C=O) groups is 2. The molecule has 1 N–H and O–H groups in total. The van der Waals surface area contributed by atoms with Crippen LogP contribution < -0.4 is 4.74 Å². The van der Waals surface area contributed by atoms with E-state index in [-0.39, 0.29) is 29.9 Å². The summed E-state index contributed by atoms with van der Waals surface area (Å²) in [6.07, 6.45) is 1.50. The summed E-state index contributed by atoms with van der Waals surface area (Å²) in [5.41, 5.74) is 1.86. The number of hydrogen-bond acceptors (Lipinski definition) is 5. The van der Waals surface area contributed by atoms with Gasteiger partial charge in [-0.15, -0.1) is 0 Å². The monoisotopic (exact) mass is 467 g/mol. The molecule has 0 aromatic heterocycles. The zero-order valence-electron chi connectivity index (χ0n) is 19.7. The molecule has 2 aromatic carbocycles. The number of hydrogen-bond donors (Lipinski definition) is 1. The van der Waals surface area contributed by atoms with Gasteiger partial charge in [0, 0.05) is 18.7 Å². The van der Waals surface area contributed by atoms with Crippen LogP contribution >= 0.6 is 0 Å². The Morgan fingerprint density at radius 3 is 2.56 bits per heavy atom. The lowest BCUT2D eigenvalue weighted by atomic mass is 9.93. The third-order valence-electron chi connectivity index (χ3n) is 6.36. The fraction of sp³-hybridized carbons (Fsp3) is 0.407. The van der Waals surface area contributed by atoms with Gasteiger partial charge in [0.25, 0.3) is 11.7 Å². The molecule has 0 aliphatic carbocycles. The molecule has 2 atom stereocenters. The van der Waals surface area contributed by atoms with Crippen LogP contribution in [0.15, 0.2) is 48.0 Å². The summed E-state index contributed by atoms with van der Waals surface area (Å²) >= 11 is 0. The summed E-state index contributed by atoms with van der Waals surface area (Å²) < 4.78 is 25.1. The Morgan fingerprint density at radius 2 is 1.94 bits per heavy atom. The van der Waals surface area contributed by atoms with E-state index in [0.717, 1.165) is 18.4 Å². The second-order valence-corrected chi connectivity index (χ2v) is 8.98. The number of ketones is 1. The molecule has 2 fully saturated rings. The predicted molar refractivity (Wildman–Crippen MR) is 126 cm³/mol. The average molecular weight is 468 g/mol. The van der Waals surface area contributed by atoms with Crippen LogP contribution in [0.4, 0.5) is 4.39 Å². The van der Waals surface area contributed by atoms with Crippen molar-refractivity contribution in [1.82, 2.24) is 4.90 Å². The molecule has 7 heteroatoms. The van der Waals surface area contributed by atoms with Gasteiger partial charge in [0.2, 0.25) is 0 Å². The largest absolute Gasteiger partial charge is 0.507 e. The molecule has 1 amide bonds. The second kappa shape index (κ2) is 9.97. The minimum Gasteiger partial charge on any atom is -0.507 e. The van der Waals surface area contributed by atoms with Crippen molar-refractivity contribution < 1.29 is 28.6 Å². The third-order valence-corrected chi connectivity index (χ3v) is 6.36. The zero-order valence-corrected chi connectivity index (χ0v) is 19.7. The molecular formula is C27H30FNO5. The van der Waals surface area contributed by atoms with E-state index in [0.29, 0.717) is 30.1 Å². The van der Waals surface area contributed by atoms with Crippen LogP contribution in [0.3, 0.4) is 0 Å². The van der Waals surface area contributed by atoms with Crippen LogP contribution in [0.5, 0.6) is 5.75 Å². The minimum absolute atomic E-state index is 0.00605. The highest BCUT2D eigenvalue weighted by Crippen LogP contribution is 2.41.